The Morgan fingerprint density at radius 3 is 2.33 bits per heavy atom. The zero-order valence-corrected chi connectivity index (χ0v) is 15.9. The van der Waals surface area contributed by atoms with Gasteiger partial charge in [0.25, 0.3) is 0 Å². The summed E-state index contributed by atoms with van der Waals surface area (Å²) in [6.07, 6.45) is 5.29. The van der Waals surface area contributed by atoms with Crippen molar-refractivity contribution in [1.82, 2.24) is 14.3 Å². The predicted octanol–water partition coefficient (Wildman–Crippen LogP) is 3.52. The number of sulfonamides is 1. The Morgan fingerprint density at radius 2 is 1.75 bits per heavy atom. The Hall–Kier alpha value is -1.71. The number of rotatable bonds is 5. The van der Waals surface area contributed by atoms with Gasteiger partial charge in [0.15, 0.2) is 0 Å². The Labute approximate surface area is 154 Å². The number of imidazole rings is 1. The molecule has 0 saturated heterocycles. The number of hydrogen-bond acceptors (Lipinski definition) is 3. The van der Waals surface area contributed by atoms with Gasteiger partial charge in [0, 0.05) is 27.7 Å². The van der Waals surface area contributed by atoms with E-state index in [1.165, 1.54) is 0 Å². The van der Waals surface area contributed by atoms with Gasteiger partial charge in [-0.15, -0.1) is 0 Å². The largest absolute Gasteiger partial charge is 0.306 e. The fourth-order valence-corrected chi connectivity index (χ4v) is 3.92. The molecule has 0 aliphatic rings. The molecule has 124 valence electrons. The number of nitrogens with zero attached hydrogens (tertiary/aromatic N) is 2. The first kappa shape index (κ1) is 17.1. The molecule has 1 atom stereocenters. The van der Waals surface area contributed by atoms with Gasteiger partial charge in [0.2, 0.25) is 10.0 Å². The first-order chi connectivity index (χ1) is 11.5. The minimum atomic E-state index is -3.55. The normalized spacial score (nSPS) is 12.9. The lowest BCUT2D eigenvalue weighted by atomic mass is 10.1. The molecular formula is C17H16IN3O2S. The molecule has 0 aliphatic heterocycles. The molecule has 3 aromatic rings. The van der Waals surface area contributed by atoms with E-state index in [1.807, 2.05) is 42.0 Å². The number of benzene rings is 2. The molecule has 5 nitrogen and oxygen atoms in total. The molecule has 0 bridgehead atoms. The third-order valence-corrected chi connectivity index (χ3v) is 5.93. The molecule has 0 unspecified atom stereocenters. The molecule has 0 fully saturated rings. The Bertz CT molecular complexity index is 905. The molecule has 0 radical (unpaired) electrons. The van der Waals surface area contributed by atoms with Crippen molar-refractivity contribution in [3.63, 3.8) is 0 Å². The highest BCUT2D eigenvalue weighted by Gasteiger charge is 2.18. The van der Waals surface area contributed by atoms with Crippen LogP contribution < -0.4 is 4.72 Å². The summed E-state index contributed by atoms with van der Waals surface area (Å²) in [4.78, 5) is 4.28. The van der Waals surface area contributed by atoms with E-state index < -0.39 is 10.0 Å². The molecule has 1 heterocycles. The van der Waals surface area contributed by atoms with Crippen LogP contribution in [0.2, 0.25) is 0 Å². The van der Waals surface area contributed by atoms with Gasteiger partial charge < -0.3 is 4.57 Å². The van der Waals surface area contributed by atoms with Gasteiger partial charge in [0.1, 0.15) is 0 Å². The standard InChI is InChI=1S/C17H16IN3O2S/c1-13(20-24(22,23)17-8-4-15(18)5-9-17)14-2-6-16(7-3-14)21-11-10-19-12-21/h2-13,20H,1H3/t13-/m0/s1. The van der Waals surface area contributed by atoms with E-state index in [0.29, 0.717) is 0 Å². The maximum Gasteiger partial charge on any atom is 0.241 e. The Balaban J connectivity index is 1.76. The zero-order valence-electron chi connectivity index (χ0n) is 12.9. The average Bonchev–Trinajstić information content (AvgIpc) is 3.09. The number of halogens is 1. The first-order valence-corrected chi connectivity index (χ1v) is 9.88. The minimum absolute atomic E-state index is 0.268. The fraction of sp³-hybridized carbons (Fsp3) is 0.118. The van der Waals surface area contributed by atoms with Gasteiger partial charge in [-0.3, -0.25) is 0 Å². The van der Waals surface area contributed by atoms with Crippen LogP contribution in [0.4, 0.5) is 0 Å². The van der Waals surface area contributed by atoms with Crippen LogP contribution in [0.15, 0.2) is 72.1 Å². The summed E-state index contributed by atoms with van der Waals surface area (Å²) >= 11 is 2.15. The van der Waals surface area contributed by atoms with Crippen LogP contribution in [-0.2, 0) is 10.0 Å². The van der Waals surface area contributed by atoms with Gasteiger partial charge >= 0.3 is 0 Å². The maximum absolute atomic E-state index is 12.5. The second kappa shape index (κ2) is 7.04. The lowest BCUT2D eigenvalue weighted by molar-refractivity contribution is 0.567. The molecule has 1 aromatic heterocycles. The van der Waals surface area contributed by atoms with E-state index >= 15 is 0 Å². The third kappa shape index (κ3) is 3.85. The molecule has 0 saturated carbocycles. The van der Waals surface area contributed by atoms with Crippen molar-refractivity contribution >= 4 is 32.6 Å². The third-order valence-electron chi connectivity index (χ3n) is 3.65. The highest BCUT2D eigenvalue weighted by Crippen LogP contribution is 2.19. The van der Waals surface area contributed by atoms with Gasteiger partial charge in [-0.05, 0) is 71.5 Å². The van der Waals surface area contributed by atoms with E-state index in [1.54, 1.807) is 36.8 Å². The topological polar surface area (TPSA) is 64.0 Å². The molecule has 7 heteroatoms. The first-order valence-electron chi connectivity index (χ1n) is 7.32. The summed E-state index contributed by atoms with van der Waals surface area (Å²) in [6.45, 7) is 1.83. The van der Waals surface area contributed by atoms with Crippen molar-refractivity contribution < 1.29 is 8.42 Å². The van der Waals surface area contributed by atoms with Crippen LogP contribution >= 0.6 is 22.6 Å². The lowest BCUT2D eigenvalue weighted by Gasteiger charge is -2.15. The molecule has 1 N–H and O–H groups in total. The monoisotopic (exact) mass is 453 g/mol. The summed E-state index contributed by atoms with van der Waals surface area (Å²) in [5.41, 5.74) is 1.87. The van der Waals surface area contributed by atoms with Gasteiger partial charge in [-0.25, -0.2) is 18.1 Å². The summed E-state index contributed by atoms with van der Waals surface area (Å²) in [7, 11) is -3.55. The molecule has 3 rings (SSSR count). The minimum Gasteiger partial charge on any atom is -0.306 e. The molecule has 0 spiro atoms. The highest BCUT2D eigenvalue weighted by atomic mass is 127. The van der Waals surface area contributed by atoms with Gasteiger partial charge in [-0.2, -0.15) is 0 Å². The van der Waals surface area contributed by atoms with Gasteiger partial charge in [0.05, 0.1) is 11.2 Å². The van der Waals surface area contributed by atoms with Crippen molar-refractivity contribution in [2.45, 2.75) is 17.9 Å². The van der Waals surface area contributed by atoms with Crippen molar-refractivity contribution in [2.24, 2.45) is 0 Å². The van der Waals surface area contributed by atoms with Crippen LogP contribution in [0.1, 0.15) is 18.5 Å². The van der Waals surface area contributed by atoms with E-state index in [9.17, 15) is 8.42 Å². The summed E-state index contributed by atoms with van der Waals surface area (Å²) in [5.74, 6) is 0. The molecule has 2 aromatic carbocycles. The number of hydrogen-bond donors (Lipinski definition) is 1. The molecule has 0 aliphatic carbocycles. The van der Waals surface area contributed by atoms with Crippen LogP contribution in [0.25, 0.3) is 5.69 Å². The second-order valence-electron chi connectivity index (χ2n) is 5.36. The van der Waals surface area contributed by atoms with Crippen LogP contribution in [0.3, 0.4) is 0 Å². The molecule has 24 heavy (non-hydrogen) atoms. The molecule has 0 amide bonds. The van der Waals surface area contributed by atoms with Crippen LogP contribution in [0.5, 0.6) is 0 Å². The summed E-state index contributed by atoms with van der Waals surface area (Å²) in [5, 5.41) is 0. The quantitative estimate of drug-likeness (QED) is 0.602. The second-order valence-corrected chi connectivity index (χ2v) is 8.32. The summed E-state index contributed by atoms with van der Waals surface area (Å²) < 4.78 is 30.5. The van der Waals surface area contributed by atoms with Gasteiger partial charge in [-0.1, -0.05) is 12.1 Å². The van der Waals surface area contributed by atoms with Crippen LogP contribution in [0, 0.1) is 3.57 Å². The Kier molecular flexibility index (Phi) is 5.02. The SMILES string of the molecule is C[C@H](NS(=O)(=O)c1ccc(I)cc1)c1ccc(-n2ccnc2)cc1. The highest BCUT2D eigenvalue weighted by molar-refractivity contribution is 14.1. The van der Waals surface area contributed by atoms with E-state index in [2.05, 4.69) is 32.3 Å². The predicted molar refractivity (Wildman–Crippen MR) is 101 cm³/mol. The zero-order chi connectivity index (χ0) is 17.2. The Morgan fingerprint density at radius 1 is 1.08 bits per heavy atom. The summed E-state index contributed by atoms with van der Waals surface area (Å²) in [6, 6.07) is 14.1. The smallest absolute Gasteiger partial charge is 0.241 e. The van der Waals surface area contributed by atoms with Crippen molar-refractivity contribution in [2.75, 3.05) is 0 Å². The lowest BCUT2D eigenvalue weighted by Crippen LogP contribution is -2.26. The number of aromatic nitrogens is 2. The van der Waals surface area contributed by atoms with E-state index in [-0.39, 0.29) is 10.9 Å². The van der Waals surface area contributed by atoms with Crippen molar-refractivity contribution in [3.05, 3.63) is 76.4 Å². The fourth-order valence-electron chi connectivity index (χ4n) is 2.33. The van der Waals surface area contributed by atoms with E-state index in [0.717, 1.165) is 14.8 Å². The van der Waals surface area contributed by atoms with Crippen LogP contribution in [-0.4, -0.2) is 18.0 Å². The molecular weight excluding hydrogens is 437 g/mol. The average molecular weight is 453 g/mol. The number of nitrogens with one attached hydrogen (secondary N) is 1. The van der Waals surface area contributed by atoms with Crippen molar-refractivity contribution in [1.29, 1.82) is 0 Å². The van der Waals surface area contributed by atoms with E-state index in [4.69, 9.17) is 0 Å². The maximum atomic E-state index is 12.5. The van der Waals surface area contributed by atoms with Crippen molar-refractivity contribution in [3.8, 4) is 5.69 Å².